The summed E-state index contributed by atoms with van der Waals surface area (Å²) in [6, 6.07) is 17.1. The summed E-state index contributed by atoms with van der Waals surface area (Å²) in [4.78, 5) is 41.4. The zero-order chi connectivity index (χ0) is 26.7. The molecule has 1 spiro atoms. The van der Waals surface area contributed by atoms with E-state index in [0.29, 0.717) is 13.1 Å². The predicted molar refractivity (Wildman–Crippen MR) is 141 cm³/mol. The Bertz CT molecular complexity index is 1050. The third kappa shape index (κ3) is 6.29. The van der Waals surface area contributed by atoms with Crippen LogP contribution in [0.15, 0.2) is 60.7 Å². The van der Waals surface area contributed by atoms with Crippen molar-refractivity contribution < 1.29 is 28.0 Å². The number of amides is 1. The summed E-state index contributed by atoms with van der Waals surface area (Å²) in [7, 11) is -4.90. The molecule has 4 rings (SSSR count). The van der Waals surface area contributed by atoms with E-state index < -0.39 is 37.7 Å². The van der Waals surface area contributed by atoms with Crippen molar-refractivity contribution in [3.05, 3.63) is 71.8 Å². The first-order valence-corrected chi connectivity index (χ1v) is 14.7. The van der Waals surface area contributed by atoms with E-state index in [1.165, 1.54) is 0 Å². The zero-order valence-electron chi connectivity index (χ0n) is 21.8. The summed E-state index contributed by atoms with van der Waals surface area (Å²) in [6.45, 7) is 8.87. The molecule has 2 fully saturated rings. The van der Waals surface area contributed by atoms with Crippen molar-refractivity contribution in [2.45, 2.75) is 52.6 Å². The van der Waals surface area contributed by atoms with Gasteiger partial charge in [0.05, 0.1) is 0 Å². The van der Waals surface area contributed by atoms with E-state index in [9.17, 15) is 14.4 Å². The van der Waals surface area contributed by atoms with Crippen LogP contribution in [0.2, 0.25) is 0 Å². The number of hydrogen-bond donors (Lipinski definition) is 2. The van der Waals surface area contributed by atoms with E-state index in [0.717, 1.165) is 11.1 Å². The fourth-order valence-corrected chi connectivity index (χ4v) is 7.89. The van der Waals surface area contributed by atoms with Crippen molar-refractivity contribution >= 4 is 25.6 Å². The molecule has 0 aromatic heterocycles. The number of carbonyl (C=O) groups excluding carboxylic acids is 3. The number of nitrogens with one attached hydrogen (secondary N) is 2. The molecule has 0 radical (unpaired) electrons. The van der Waals surface area contributed by atoms with Crippen molar-refractivity contribution in [2.24, 2.45) is 11.8 Å². The molecule has 0 unspecified atom stereocenters. The van der Waals surface area contributed by atoms with E-state index in [1.807, 2.05) is 88.4 Å². The molecule has 0 aliphatic carbocycles. The van der Waals surface area contributed by atoms with Crippen LogP contribution in [0, 0.1) is 11.8 Å². The van der Waals surface area contributed by atoms with Crippen LogP contribution in [0.3, 0.4) is 0 Å². The van der Waals surface area contributed by atoms with Gasteiger partial charge >= 0.3 is 218 Å². The normalized spacial score (nSPS) is 22.9. The van der Waals surface area contributed by atoms with E-state index in [1.54, 1.807) is 4.90 Å². The minimum absolute atomic E-state index is 0.176. The molecule has 2 aromatic rings. The second-order valence-corrected chi connectivity index (χ2v) is 13.3. The van der Waals surface area contributed by atoms with Crippen LogP contribution in [0.25, 0.3) is 0 Å². The third-order valence-corrected chi connectivity index (χ3v) is 9.10. The summed E-state index contributed by atoms with van der Waals surface area (Å²) in [6.07, 6.45) is -0.153. The van der Waals surface area contributed by atoms with Crippen LogP contribution < -0.4 is 10.2 Å². The third-order valence-electron chi connectivity index (χ3n) is 6.08. The number of nitrogens with zero attached hydrogens (tertiary/aromatic N) is 1. The van der Waals surface area contributed by atoms with Crippen LogP contribution in [-0.2, 0) is 36.0 Å². The van der Waals surface area contributed by atoms with Gasteiger partial charge in [-0.05, 0) is 0 Å². The molecule has 2 saturated heterocycles. The minimum atomic E-state index is -4.90. The molecule has 2 atom stereocenters. The standard InChI is InChI=1S/C27H36N3O6P/c1-19(2)17-30(18-20(3)4)27(33)36-37(28-23(25(31)34-37)15-21-11-7-5-8-12-21)29-24(26(32)35-37)16-22-13-9-6-10-14-22/h5-14,19-20,23-24,28-29H,15-18H2,1-4H3/t23-,24-/m0/s1. The van der Waals surface area contributed by atoms with Gasteiger partial charge < -0.3 is 0 Å². The van der Waals surface area contributed by atoms with E-state index in [-0.39, 0.29) is 24.7 Å². The molecule has 0 bridgehead atoms. The van der Waals surface area contributed by atoms with Gasteiger partial charge in [-0.15, -0.1) is 0 Å². The van der Waals surface area contributed by atoms with E-state index >= 15 is 0 Å². The van der Waals surface area contributed by atoms with E-state index in [2.05, 4.69) is 10.2 Å². The van der Waals surface area contributed by atoms with E-state index in [4.69, 9.17) is 13.6 Å². The molecule has 9 nitrogen and oxygen atoms in total. The summed E-state index contributed by atoms with van der Waals surface area (Å²) >= 11 is 0. The van der Waals surface area contributed by atoms with Gasteiger partial charge in [-0.1, -0.05) is 0 Å². The number of benzene rings is 2. The molecule has 2 aromatic carbocycles. The van der Waals surface area contributed by atoms with Crippen molar-refractivity contribution in [2.75, 3.05) is 13.1 Å². The summed E-state index contributed by atoms with van der Waals surface area (Å²) in [5.41, 5.74) is 1.77. The molecular weight excluding hydrogens is 493 g/mol. The van der Waals surface area contributed by atoms with Gasteiger partial charge in [0.1, 0.15) is 0 Å². The van der Waals surface area contributed by atoms with Crippen molar-refractivity contribution in [1.82, 2.24) is 15.1 Å². The van der Waals surface area contributed by atoms with Crippen LogP contribution in [-0.4, -0.2) is 48.1 Å². The molecule has 0 saturated carbocycles. The average Bonchev–Trinajstić information content (AvgIpc) is 3.25. The molecule has 2 aliphatic heterocycles. The monoisotopic (exact) mass is 529 g/mol. The van der Waals surface area contributed by atoms with Crippen LogP contribution in [0.4, 0.5) is 4.79 Å². The van der Waals surface area contributed by atoms with Gasteiger partial charge in [-0.25, -0.2) is 0 Å². The second kappa shape index (κ2) is 10.8. The first-order chi connectivity index (χ1) is 17.6. The molecular formula is C27H36N3O6P. The van der Waals surface area contributed by atoms with Crippen molar-refractivity contribution in [3.8, 4) is 0 Å². The first kappa shape index (κ1) is 27.0. The maximum atomic E-state index is 13.5. The van der Waals surface area contributed by atoms with Crippen molar-refractivity contribution in [1.29, 1.82) is 0 Å². The van der Waals surface area contributed by atoms with Crippen LogP contribution in [0.1, 0.15) is 38.8 Å². The fraction of sp³-hybridized carbons (Fsp3) is 0.444. The molecule has 1 amide bonds. The average molecular weight is 530 g/mol. The molecule has 2 heterocycles. The van der Waals surface area contributed by atoms with Gasteiger partial charge in [0.25, 0.3) is 0 Å². The Morgan fingerprint density at radius 1 is 0.811 bits per heavy atom. The number of carbonyl (C=O) groups is 3. The Kier molecular flexibility index (Phi) is 7.88. The summed E-state index contributed by atoms with van der Waals surface area (Å²) < 4.78 is 17.6. The molecule has 37 heavy (non-hydrogen) atoms. The maximum absolute atomic E-state index is 13.5. The molecule has 2 aliphatic rings. The van der Waals surface area contributed by atoms with Crippen molar-refractivity contribution in [3.63, 3.8) is 0 Å². The quantitative estimate of drug-likeness (QED) is 0.461. The Balaban J connectivity index is 1.65. The Labute approximate surface area is 218 Å². The van der Waals surface area contributed by atoms with Gasteiger partial charge in [-0.2, -0.15) is 0 Å². The van der Waals surface area contributed by atoms with Gasteiger partial charge in [0, 0.05) is 0 Å². The fourth-order valence-electron chi connectivity index (χ4n) is 4.61. The number of hydrogen-bond acceptors (Lipinski definition) is 8. The van der Waals surface area contributed by atoms with Crippen LogP contribution >= 0.6 is 7.59 Å². The SMILES string of the molecule is CC(C)CN(CC(C)C)C(=O)OP12(N[C@@H](Cc3ccccc3)C(=O)O1)N[C@@H](Cc1ccccc1)C(=O)O2. The summed E-state index contributed by atoms with van der Waals surface area (Å²) in [5.74, 6) is -0.936. The van der Waals surface area contributed by atoms with Gasteiger partial charge in [-0.3, -0.25) is 0 Å². The topological polar surface area (TPSA) is 106 Å². The molecule has 2 N–H and O–H groups in total. The Morgan fingerprint density at radius 3 is 1.59 bits per heavy atom. The van der Waals surface area contributed by atoms with Gasteiger partial charge in [0.15, 0.2) is 0 Å². The Morgan fingerprint density at radius 2 is 1.22 bits per heavy atom. The second-order valence-electron chi connectivity index (χ2n) is 10.5. The molecule has 200 valence electrons. The summed E-state index contributed by atoms with van der Waals surface area (Å²) in [5, 5.41) is 6.10. The Hall–Kier alpha value is -3.00. The molecule has 10 heteroatoms. The predicted octanol–water partition coefficient (Wildman–Crippen LogP) is 4.38. The van der Waals surface area contributed by atoms with Gasteiger partial charge in [0.2, 0.25) is 0 Å². The number of rotatable bonds is 9. The van der Waals surface area contributed by atoms with Crippen LogP contribution in [0.5, 0.6) is 0 Å². The first-order valence-electron chi connectivity index (χ1n) is 12.7. The zero-order valence-corrected chi connectivity index (χ0v) is 22.6.